The van der Waals surface area contributed by atoms with E-state index in [9.17, 15) is 0 Å². The molecule has 3 fully saturated rings. The van der Waals surface area contributed by atoms with E-state index in [1.807, 2.05) is 0 Å². The van der Waals surface area contributed by atoms with Gasteiger partial charge in [-0.1, -0.05) is 6.42 Å². The van der Waals surface area contributed by atoms with Crippen LogP contribution in [-0.4, -0.2) is 0 Å². The number of halogens is 1. The van der Waals surface area contributed by atoms with Gasteiger partial charge in [-0.2, -0.15) is 11.3 Å². The molecule has 1 heterocycles. The normalized spacial score (nSPS) is 47.6. The van der Waals surface area contributed by atoms with Gasteiger partial charge >= 0.3 is 0 Å². The molecule has 2 N–H and O–H groups in total. The largest absolute Gasteiger partial charge is 0.321 e. The van der Waals surface area contributed by atoms with Gasteiger partial charge in [0.25, 0.3) is 0 Å². The highest BCUT2D eigenvalue weighted by atomic mass is 79.9. The molecule has 5 unspecified atom stereocenters. The van der Waals surface area contributed by atoms with Gasteiger partial charge in [-0.3, -0.25) is 0 Å². The molecule has 92 valence electrons. The standard InChI is InChI=1S/C14H18BrNS/c15-13-7-17-6-12(13)14(16)5-8-4-11(14)10-3-1-2-9(8)10/h6-11H,1-5,16H2. The Morgan fingerprint density at radius 3 is 2.88 bits per heavy atom. The Morgan fingerprint density at radius 1 is 1.29 bits per heavy atom. The molecule has 0 amide bonds. The highest BCUT2D eigenvalue weighted by Crippen LogP contribution is 2.64. The van der Waals surface area contributed by atoms with Crippen LogP contribution >= 0.6 is 27.3 Å². The summed E-state index contributed by atoms with van der Waals surface area (Å²) in [4.78, 5) is 0. The highest BCUT2D eigenvalue weighted by Gasteiger charge is 2.60. The van der Waals surface area contributed by atoms with Crippen molar-refractivity contribution >= 4 is 27.3 Å². The smallest absolute Gasteiger partial charge is 0.0463 e. The van der Waals surface area contributed by atoms with Crippen molar-refractivity contribution in [3.63, 3.8) is 0 Å². The van der Waals surface area contributed by atoms with Crippen LogP contribution in [0.2, 0.25) is 0 Å². The van der Waals surface area contributed by atoms with Gasteiger partial charge in [-0.15, -0.1) is 0 Å². The van der Waals surface area contributed by atoms with E-state index < -0.39 is 0 Å². The summed E-state index contributed by atoms with van der Waals surface area (Å²) in [6.07, 6.45) is 6.99. The zero-order valence-electron chi connectivity index (χ0n) is 9.86. The topological polar surface area (TPSA) is 26.0 Å². The Balaban J connectivity index is 1.75. The maximum atomic E-state index is 6.84. The van der Waals surface area contributed by atoms with Crippen LogP contribution in [0.4, 0.5) is 0 Å². The summed E-state index contributed by atoms with van der Waals surface area (Å²) in [5.41, 5.74) is 8.21. The number of hydrogen-bond acceptors (Lipinski definition) is 2. The van der Waals surface area contributed by atoms with Crippen molar-refractivity contribution in [3.8, 4) is 0 Å². The Hall–Kier alpha value is 0.140. The molecule has 0 spiro atoms. The maximum Gasteiger partial charge on any atom is 0.0463 e. The molecule has 3 saturated carbocycles. The number of hydrogen-bond donors (Lipinski definition) is 1. The second kappa shape index (κ2) is 3.58. The van der Waals surface area contributed by atoms with E-state index >= 15 is 0 Å². The van der Waals surface area contributed by atoms with Gasteiger partial charge < -0.3 is 5.73 Å². The van der Waals surface area contributed by atoms with Gasteiger partial charge in [0.1, 0.15) is 0 Å². The lowest BCUT2D eigenvalue weighted by Crippen LogP contribution is -2.46. The lowest BCUT2D eigenvalue weighted by molar-refractivity contribution is 0.156. The Labute approximate surface area is 115 Å². The summed E-state index contributed by atoms with van der Waals surface area (Å²) in [7, 11) is 0. The quantitative estimate of drug-likeness (QED) is 0.829. The van der Waals surface area contributed by atoms with Crippen LogP contribution in [0.25, 0.3) is 0 Å². The molecule has 1 aromatic heterocycles. The summed E-state index contributed by atoms with van der Waals surface area (Å²) in [5, 5.41) is 4.46. The van der Waals surface area contributed by atoms with Crippen LogP contribution in [0.3, 0.4) is 0 Å². The Bertz CT molecular complexity index is 457. The molecule has 3 heteroatoms. The fourth-order valence-electron chi connectivity index (χ4n) is 5.11. The van der Waals surface area contributed by atoms with Crippen molar-refractivity contribution in [2.45, 2.75) is 37.6 Å². The lowest BCUT2D eigenvalue weighted by Gasteiger charge is -2.40. The average molecular weight is 312 g/mol. The first kappa shape index (κ1) is 11.0. The summed E-state index contributed by atoms with van der Waals surface area (Å²) < 4.78 is 1.24. The molecule has 0 saturated heterocycles. The van der Waals surface area contributed by atoms with Crippen molar-refractivity contribution in [1.29, 1.82) is 0 Å². The van der Waals surface area contributed by atoms with Crippen molar-refractivity contribution in [2.24, 2.45) is 29.4 Å². The third-order valence-corrected chi connectivity index (χ3v) is 7.38. The van der Waals surface area contributed by atoms with Gasteiger partial charge in [0.2, 0.25) is 0 Å². The molecule has 1 nitrogen and oxygen atoms in total. The molecule has 0 radical (unpaired) electrons. The van der Waals surface area contributed by atoms with Crippen molar-refractivity contribution < 1.29 is 0 Å². The molecule has 3 aliphatic carbocycles. The molecule has 17 heavy (non-hydrogen) atoms. The van der Waals surface area contributed by atoms with Crippen molar-refractivity contribution in [3.05, 3.63) is 20.8 Å². The van der Waals surface area contributed by atoms with Gasteiger partial charge in [0, 0.05) is 15.4 Å². The van der Waals surface area contributed by atoms with E-state index in [1.54, 1.807) is 11.3 Å². The molecule has 0 aromatic carbocycles. The van der Waals surface area contributed by atoms with Crippen LogP contribution in [0.5, 0.6) is 0 Å². The molecule has 4 rings (SSSR count). The summed E-state index contributed by atoms with van der Waals surface area (Å²) in [6, 6.07) is 0. The summed E-state index contributed by atoms with van der Waals surface area (Å²) >= 11 is 5.46. The maximum absolute atomic E-state index is 6.84. The first-order valence-electron chi connectivity index (χ1n) is 6.71. The Kier molecular flexibility index (Phi) is 2.32. The molecular weight excluding hydrogens is 294 g/mol. The zero-order chi connectivity index (χ0) is 11.6. The third kappa shape index (κ3) is 1.34. The predicted octanol–water partition coefficient (Wildman–Crippen LogP) is 4.12. The second-order valence-electron chi connectivity index (χ2n) is 6.24. The monoisotopic (exact) mass is 311 g/mol. The van der Waals surface area contributed by atoms with Crippen LogP contribution in [-0.2, 0) is 5.54 Å². The zero-order valence-corrected chi connectivity index (χ0v) is 12.3. The van der Waals surface area contributed by atoms with E-state index in [1.165, 1.54) is 42.1 Å². The molecule has 0 aliphatic heterocycles. The molecule has 5 atom stereocenters. The first-order valence-corrected chi connectivity index (χ1v) is 8.45. The minimum Gasteiger partial charge on any atom is -0.321 e. The SMILES string of the molecule is NC1(c2cscc2Br)CC2CC1C1CCCC21. The average Bonchev–Trinajstić information content (AvgIpc) is 2.95. The molecular formula is C14H18BrNS. The molecule has 3 aliphatic rings. The minimum atomic E-state index is -0.0188. The van der Waals surface area contributed by atoms with Crippen molar-refractivity contribution in [1.82, 2.24) is 0 Å². The number of fused-ring (bicyclic) bond motifs is 5. The highest BCUT2D eigenvalue weighted by molar-refractivity contribution is 9.10. The summed E-state index contributed by atoms with van der Waals surface area (Å²) in [6.45, 7) is 0. The van der Waals surface area contributed by atoms with Gasteiger partial charge in [-0.05, 0) is 76.2 Å². The van der Waals surface area contributed by atoms with Crippen LogP contribution < -0.4 is 5.73 Å². The first-order chi connectivity index (χ1) is 8.20. The molecule has 2 bridgehead atoms. The van der Waals surface area contributed by atoms with Gasteiger partial charge in [-0.25, -0.2) is 0 Å². The minimum absolute atomic E-state index is 0.0188. The Morgan fingerprint density at radius 2 is 2.12 bits per heavy atom. The fraction of sp³-hybridized carbons (Fsp3) is 0.714. The van der Waals surface area contributed by atoms with E-state index in [0.717, 1.165) is 23.7 Å². The van der Waals surface area contributed by atoms with Gasteiger partial charge in [0.15, 0.2) is 0 Å². The fourth-order valence-corrected chi connectivity index (χ4v) is 6.87. The van der Waals surface area contributed by atoms with E-state index in [2.05, 4.69) is 26.7 Å². The van der Waals surface area contributed by atoms with E-state index in [4.69, 9.17) is 5.73 Å². The van der Waals surface area contributed by atoms with E-state index in [-0.39, 0.29) is 5.54 Å². The number of rotatable bonds is 1. The summed E-state index contributed by atoms with van der Waals surface area (Å²) in [5.74, 6) is 3.63. The predicted molar refractivity (Wildman–Crippen MR) is 74.9 cm³/mol. The number of thiophene rings is 1. The van der Waals surface area contributed by atoms with Crippen LogP contribution in [0, 0.1) is 23.7 Å². The number of nitrogens with two attached hydrogens (primary N) is 1. The third-order valence-electron chi connectivity index (χ3n) is 5.68. The lowest BCUT2D eigenvalue weighted by atomic mass is 9.69. The van der Waals surface area contributed by atoms with Gasteiger partial charge in [0.05, 0.1) is 0 Å². The van der Waals surface area contributed by atoms with Crippen LogP contribution in [0.15, 0.2) is 15.2 Å². The second-order valence-corrected chi connectivity index (χ2v) is 7.84. The van der Waals surface area contributed by atoms with Crippen molar-refractivity contribution in [2.75, 3.05) is 0 Å². The van der Waals surface area contributed by atoms with Crippen LogP contribution in [0.1, 0.15) is 37.7 Å². The molecule has 1 aromatic rings. The van der Waals surface area contributed by atoms with E-state index in [0.29, 0.717) is 0 Å².